The minimum atomic E-state index is -0.0354. The van der Waals surface area contributed by atoms with Gasteiger partial charge in [-0.05, 0) is 50.9 Å². The Hall–Kier alpha value is -1.43. The molecule has 2 heterocycles. The van der Waals surface area contributed by atoms with Crippen molar-refractivity contribution in [1.82, 2.24) is 15.0 Å². The first-order valence-corrected chi connectivity index (χ1v) is 10.5. The first-order valence-electron chi connectivity index (χ1n) is 10.5. The Morgan fingerprint density at radius 1 is 1.08 bits per heavy atom. The molecule has 6 nitrogen and oxygen atoms in total. The van der Waals surface area contributed by atoms with Crippen molar-refractivity contribution in [3.05, 3.63) is 11.7 Å². The summed E-state index contributed by atoms with van der Waals surface area (Å²) < 4.78 is 11.2. The summed E-state index contributed by atoms with van der Waals surface area (Å²) in [5, 5.41) is 4.13. The van der Waals surface area contributed by atoms with E-state index >= 15 is 0 Å². The van der Waals surface area contributed by atoms with Gasteiger partial charge in [0.2, 0.25) is 11.8 Å². The van der Waals surface area contributed by atoms with Crippen LogP contribution in [0.2, 0.25) is 0 Å². The molecule has 2 aliphatic carbocycles. The average molecular weight is 361 g/mol. The lowest BCUT2D eigenvalue weighted by Crippen LogP contribution is -2.42. The molecule has 0 N–H and O–H groups in total. The number of aromatic nitrogens is 2. The van der Waals surface area contributed by atoms with Crippen molar-refractivity contribution in [2.75, 3.05) is 19.8 Å². The minimum Gasteiger partial charge on any atom is -0.381 e. The summed E-state index contributed by atoms with van der Waals surface area (Å²) in [5.74, 6) is 2.60. The molecule has 3 aliphatic rings. The molecule has 144 valence electrons. The Labute approximate surface area is 155 Å². The smallest absolute Gasteiger partial charge is 0.249 e. The van der Waals surface area contributed by atoms with E-state index in [9.17, 15) is 4.79 Å². The van der Waals surface area contributed by atoms with Crippen LogP contribution in [-0.2, 0) is 16.0 Å². The Morgan fingerprint density at radius 2 is 1.88 bits per heavy atom. The van der Waals surface area contributed by atoms with Crippen molar-refractivity contribution in [3.63, 3.8) is 0 Å². The molecule has 0 spiro atoms. The third-order valence-electron chi connectivity index (χ3n) is 6.03. The van der Waals surface area contributed by atoms with Crippen LogP contribution in [0.1, 0.15) is 82.0 Å². The summed E-state index contributed by atoms with van der Waals surface area (Å²) in [5.41, 5.74) is 0. The summed E-state index contributed by atoms with van der Waals surface area (Å²) in [7, 11) is 0. The van der Waals surface area contributed by atoms with Crippen LogP contribution in [0.3, 0.4) is 0 Å². The van der Waals surface area contributed by atoms with E-state index in [1.54, 1.807) is 0 Å². The van der Waals surface area contributed by atoms with E-state index in [-0.39, 0.29) is 12.0 Å². The summed E-state index contributed by atoms with van der Waals surface area (Å²) in [6, 6.07) is -0.0354. The first-order chi connectivity index (χ1) is 12.8. The number of hydrogen-bond acceptors (Lipinski definition) is 5. The van der Waals surface area contributed by atoms with Crippen LogP contribution in [0.15, 0.2) is 4.52 Å². The van der Waals surface area contributed by atoms with Gasteiger partial charge in [0.15, 0.2) is 5.82 Å². The third-order valence-corrected chi connectivity index (χ3v) is 6.03. The maximum absolute atomic E-state index is 13.0. The SMILES string of the molecule is O=C(C1CCCCC1)N1CCCCC1c1nc(CCOCC2CC2)no1. The molecule has 6 heteroatoms. The van der Waals surface area contributed by atoms with Crippen LogP contribution in [0.25, 0.3) is 0 Å². The Balaban J connectivity index is 1.35. The molecule has 1 atom stereocenters. The molecule has 0 aromatic carbocycles. The number of carbonyl (C=O) groups is 1. The van der Waals surface area contributed by atoms with Crippen molar-refractivity contribution in [2.45, 2.75) is 76.7 Å². The lowest BCUT2D eigenvalue weighted by Gasteiger charge is -2.36. The van der Waals surface area contributed by atoms with Crippen molar-refractivity contribution >= 4 is 5.91 Å². The molecule has 1 unspecified atom stereocenters. The van der Waals surface area contributed by atoms with Gasteiger partial charge in [0.25, 0.3) is 0 Å². The number of carbonyl (C=O) groups excluding carboxylic acids is 1. The Bertz CT molecular complexity index is 593. The predicted molar refractivity (Wildman–Crippen MR) is 96.4 cm³/mol. The van der Waals surface area contributed by atoms with E-state index in [0.29, 0.717) is 30.7 Å². The van der Waals surface area contributed by atoms with Gasteiger partial charge in [-0.25, -0.2) is 0 Å². The molecule has 1 aliphatic heterocycles. The number of rotatable bonds is 7. The molecule has 3 fully saturated rings. The van der Waals surface area contributed by atoms with Crippen LogP contribution in [0, 0.1) is 11.8 Å². The van der Waals surface area contributed by atoms with Gasteiger partial charge in [-0.3, -0.25) is 4.79 Å². The molecule has 26 heavy (non-hydrogen) atoms. The number of likely N-dealkylation sites (tertiary alicyclic amines) is 1. The van der Waals surface area contributed by atoms with Gasteiger partial charge in [0.1, 0.15) is 6.04 Å². The molecule has 0 radical (unpaired) electrons. The van der Waals surface area contributed by atoms with Gasteiger partial charge < -0.3 is 14.2 Å². The second-order valence-corrected chi connectivity index (χ2v) is 8.20. The maximum Gasteiger partial charge on any atom is 0.249 e. The maximum atomic E-state index is 13.0. The summed E-state index contributed by atoms with van der Waals surface area (Å²) >= 11 is 0. The summed E-state index contributed by atoms with van der Waals surface area (Å²) in [6.07, 6.45) is 12.1. The van der Waals surface area contributed by atoms with Crippen molar-refractivity contribution in [2.24, 2.45) is 11.8 Å². The van der Waals surface area contributed by atoms with Crippen LogP contribution < -0.4 is 0 Å². The highest BCUT2D eigenvalue weighted by atomic mass is 16.5. The van der Waals surface area contributed by atoms with E-state index in [1.807, 2.05) is 4.90 Å². The fourth-order valence-corrected chi connectivity index (χ4v) is 4.24. The Kier molecular flexibility index (Phi) is 5.88. The Morgan fingerprint density at radius 3 is 2.69 bits per heavy atom. The standard InChI is InChI=1S/C20H31N3O3/c24-20(16-6-2-1-3-7-16)23-12-5-4-8-17(23)19-21-18(22-26-19)11-13-25-14-15-9-10-15/h15-17H,1-14H2. The largest absolute Gasteiger partial charge is 0.381 e. The first kappa shape index (κ1) is 18.0. The van der Waals surface area contributed by atoms with E-state index in [2.05, 4.69) is 10.1 Å². The normalized spacial score (nSPS) is 24.8. The van der Waals surface area contributed by atoms with Gasteiger partial charge in [0, 0.05) is 25.5 Å². The van der Waals surface area contributed by atoms with Gasteiger partial charge in [-0.1, -0.05) is 24.4 Å². The zero-order chi connectivity index (χ0) is 17.8. The highest BCUT2D eigenvalue weighted by Gasteiger charge is 2.35. The second kappa shape index (κ2) is 8.51. The van der Waals surface area contributed by atoms with E-state index in [0.717, 1.165) is 51.2 Å². The van der Waals surface area contributed by atoms with Gasteiger partial charge in [-0.2, -0.15) is 4.98 Å². The molecular formula is C20H31N3O3. The van der Waals surface area contributed by atoms with Crippen LogP contribution >= 0.6 is 0 Å². The van der Waals surface area contributed by atoms with Crippen LogP contribution in [-0.4, -0.2) is 40.7 Å². The molecule has 1 aromatic rings. The van der Waals surface area contributed by atoms with E-state index in [1.165, 1.54) is 32.1 Å². The molecule has 1 aromatic heterocycles. The molecule has 2 saturated carbocycles. The van der Waals surface area contributed by atoms with Crippen LogP contribution in [0.5, 0.6) is 0 Å². The number of piperidine rings is 1. The second-order valence-electron chi connectivity index (χ2n) is 8.20. The number of nitrogens with zero attached hydrogens (tertiary/aromatic N) is 3. The van der Waals surface area contributed by atoms with Gasteiger partial charge >= 0.3 is 0 Å². The summed E-state index contributed by atoms with van der Waals surface area (Å²) in [4.78, 5) is 19.7. The lowest BCUT2D eigenvalue weighted by molar-refractivity contribution is -0.141. The van der Waals surface area contributed by atoms with E-state index < -0.39 is 0 Å². The zero-order valence-electron chi connectivity index (χ0n) is 15.7. The quantitative estimate of drug-likeness (QED) is 0.693. The highest BCUT2D eigenvalue weighted by molar-refractivity contribution is 5.79. The molecule has 1 amide bonds. The lowest BCUT2D eigenvalue weighted by atomic mass is 9.87. The topological polar surface area (TPSA) is 68.5 Å². The van der Waals surface area contributed by atoms with Gasteiger partial charge in [0.05, 0.1) is 6.61 Å². The summed E-state index contributed by atoms with van der Waals surface area (Å²) in [6.45, 7) is 2.32. The predicted octanol–water partition coefficient (Wildman–Crippen LogP) is 3.67. The van der Waals surface area contributed by atoms with Crippen molar-refractivity contribution in [3.8, 4) is 0 Å². The van der Waals surface area contributed by atoms with Gasteiger partial charge in [-0.15, -0.1) is 0 Å². The average Bonchev–Trinajstić information content (AvgIpc) is 3.41. The molecule has 1 saturated heterocycles. The van der Waals surface area contributed by atoms with Crippen molar-refractivity contribution in [1.29, 1.82) is 0 Å². The van der Waals surface area contributed by atoms with Crippen LogP contribution in [0.4, 0.5) is 0 Å². The monoisotopic (exact) mass is 361 g/mol. The fraction of sp³-hybridized carbons (Fsp3) is 0.850. The van der Waals surface area contributed by atoms with E-state index in [4.69, 9.17) is 9.26 Å². The fourth-order valence-electron chi connectivity index (χ4n) is 4.24. The minimum absolute atomic E-state index is 0.0354. The third kappa shape index (κ3) is 4.45. The molecular weight excluding hydrogens is 330 g/mol. The number of hydrogen-bond donors (Lipinski definition) is 0. The number of ether oxygens (including phenoxy) is 1. The van der Waals surface area contributed by atoms with Crippen molar-refractivity contribution < 1.29 is 14.1 Å². The highest BCUT2D eigenvalue weighted by Crippen LogP contribution is 2.34. The molecule has 4 rings (SSSR count). The number of amides is 1. The molecule has 0 bridgehead atoms. The zero-order valence-corrected chi connectivity index (χ0v) is 15.7.